The molecule has 0 aliphatic heterocycles. The third-order valence-electron chi connectivity index (χ3n) is 3.06. The van der Waals surface area contributed by atoms with Gasteiger partial charge in [-0.05, 0) is 33.6 Å². The molecule has 0 aromatic carbocycles. The van der Waals surface area contributed by atoms with E-state index in [1.807, 2.05) is 0 Å². The molecule has 116 valence electrons. The molecule has 7 heteroatoms. The Morgan fingerprint density at radius 1 is 1.25 bits per heavy atom. The highest BCUT2D eigenvalue weighted by Crippen LogP contribution is 2.37. The van der Waals surface area contributed by atoms with E-state index in [0.29, 0.717) is 0 Å². The molecule has 5 nitrogen and oxygen atoms in total. The molecule has 0 bridgehead atoms. The quantitative estimate of drug-likeness (QED) is 0.794. The average molecular weight is 293 g/mol. The number of carbonyl (C=O) groups excluding carboxylic acids is 2. The molecule has 1 saturated carbocycles. The van der Waals surface area contributed by atoms with E-state index in [4.69, 9.17) is 4.74 Å². The third-order valence-corrected chi connectivity index (χ3v) is 3.06. The number of hydrogen-bond acceptors (Lipinski definition) is 4. The minimum absolute atomic E-state index is 0.00596. The van der Waals surface area contributed by atoms with Crippen molar-refractivity contribution in [2.45, 2.75) is 57.6 Å². The highest BCUT2D eigenvalue weighted by Gasteiger charge is 2.48. The zero-order valence-electron chi connectivity index (χ0n) is 12.2. The van der Waals surface area contributed by atoms with Crippen molar-refractivity contribution >= 4 is 12.1 Å². The van der Waals surface area contributed by atoms with E-state index in [2.05, 4.69) is 10.1 Å². The molecule has 2 unspecified atom stereocenters. The first-order valence-corrected chi connectivity index (χ1v) is 6.50. The Hall–Kier alpha value is -1.40. The Morgan fingerprint density at radius 2 is 1.85 bits per heavy atom. The lowest BCUT2D eigenvalue weighted by molar-refractivity contribution is -0.154. The van der Waals surface area contributed by atoms with Gasteiger partial charge in [-0.2, -0.15) is 0 Å². The fourth-order valence-corrected chi connectivity index (χ4v) is 2.15. The molecule has 1 aliphatic rings. The van der Waals surface area contributed by atoms with Gasteiger partial charge in [0.25, 0.3) is 5.92 Å². The van der Waals surface area contributed by atoms with Crippen molar-refractivity contribution < 1.29 is 27.8 Å². The molecule has 0 radical (unpaired) electrons. The number of alkyl halides is 2. The molecule has 0 heterocycles. The first kappa shape index (κ1) is 16.7. The summed E-state index contributed by atoms with van der Waals surface area (Å²) in [6.07, 6.45) is -1.24. The first-order chi connectivity index (χ1) is 9.05. The Balaban J connectivity index is 2.61. The standard InChI is InChI=1S/C13H21F2NO4/c1-12(2,3)20-11(18)16-9-6-5-8(10(17)19-4)7-13(9,14)15/h8-9H,5-7H2,1-4H3,(H,16,18). The van der Waals surface area contributed by atoms with E-state index in [-0.39, 0.29) is 12.8 Å². The van der Waals surface area contributed by atoms with Crippen LogP contribution in [0.25, 0.3) is 0 Å². The van der Waals surface area contributed by atoms with E-state index >= 15 is 0 Å². The first-order valence-electron chi connectivity index (χ1n) is 6.50. The molecule has 1 fully saturated rings. The summed E-state index contributed by atoms with van der Waals surface area (Å²) in [6, 6.07) is -1.32. The van der Waals surface area contributed by atoms with Crippen LogP contribution in [0.5, 0.6) is 0 Å². The number of rotatable bonds is 2. The number of amides is 1. The Kier molecular flexibility index (Phi) is 4.94. The minimum Gasteiger partial charge on any atom is -0.469 e. The second-order valence-electron chi connectivity index (χ2n) is 5.96. The summed E-state index contributed by atoms with van der Waals surface area (Å²) < 4.78 is 37.3. The van der Waals surface area contributed by atoms with E-state index in [0.717, 1.165) is 0 Å². The van der Waals surface area contributed by atoms with Gasteiger partial charge >= 0.3 is 12.1 Å². The largest absolute Gasteiger partial charge is 0.469 e. The van der Waals surface area contributed by atoms with Gasteiger partial charge in [0.1, 0.15) is 5.60 Å². The SMILES string of the molecule is COC(=O)C1CCC(NC(=O)OC(C)(C)C)C(F)(F)C1. The number of methoxy groups -OCH3 is 1. The van der Waals surface area contributed by atoms with Gasteiger partial charge in [-0.3, -0.25) is 4.79 Å². The summed E-state index contributed by atoms with van der Waals surface area (Å²) in [6.45, 7) is 4.95. The molecule has 1 aliphatic carbocycles. The van der Waals surface area contributed by atoms with Gasteiger partial charge in [0.2, 0.25) is 0 Å². The van der Waals surface area contributed by atoms with Crippen molar-refractivity contribution in [1.82, 2.24) is 5.32 Å². The minimum atomic E-state index is -3.16. The maximum absolute atomic E-state index is 13.9. The van der Waals surface area contributed by atoms with E-state index in [9.17, 15) is 18.4 Å². The fraction of sp³-hybridized carbons (Fsp3) is 0.846. The Bertz CT molecular complexity index is 379. The van der Waals surface area contributed by atoms with Crippen molar-refractivity contribution in [3.05, 3.63) is 0 Å². The van der Waals surface area contributed by atoms with E-state index in [1.54, 1.807) is 20.8 Å². The molecule has 0 spiro atoms. The van der Waals surface area contributed by atoms with Gasteiger partial charge < -0.3 is 14.8 Å². The smallest absolute Gasteiger partial charge is 0.408 e. The number of ether oxygens (including phenoxy) is 2. The van der Waals surface area contributed by atoms with Gasteiger partial charge in [0.15, 0.2) is 0 Å². The number of alkyl carbamates (subject to hydrolysis) is 1. The van der Waals surface area contributed by atoms with Crippen molar-refractivity contribution in [3.8, 4) is 0 Å². The fourth-order valence-electron chi connectivity index (χ4n) is 2.15. The van der Waals surface area contributed by atoms with Crippen molar-refractivity contribution in [2.75, 3.05) is 7.11 Å². The van der Waals surface area contributed by atoms with Crippen LogP contribution >= 0.6 is 0 Å². The van der Waals surface area contributed by atoms with Crippen LogP contribution in [0.4, 0.5) is 13.6 Å². The molecule has 0 aromatic rings. The monoisotopic (exact) mass is 293 g/mol. The molecule has 2 atom stereocenters. The lowest BCUT2D eigenvalue weighted by Gasteiger charge is -2.35. The van der Waals surface area contributed by atoms with Crippen molar-refractivity contribution in [3.63, 3.8) is 0 Å². The molecular weight excluding hydrogens is 272 g/mol. The summed E-state index contributed by atoms with van der Waals surface area (Å²) in [7, 11) is 1.17. The number of carbonyl (C=O) groups is 2. The molecule has 1 N–H and O–H groups in total. The third kappa shape index (κ3) is 4.61. The lowest BCUT2D eigenvalue weighted by Crippen LogP contribution is -2.53. The molecule has 0 aromatic heterocycles. The van der Waals surface area contributed by atoms with Crippen LogP contribution in [0.2, 0.25) is 0 Å². The number of nitrogens with one attached hydrogen (secondary N) is 1. The summed E-state index contributed by atoms with van der Waals surface area (Å²) in [5.74, 6) is -4.62. The van der Waals surface area contributed by atoms with Crippen LogP contribution in [0, 0.1) is 5.92 Å². The lowest BCUT2D eigenvalue weighted by atomic mass is 9.83. The van der Waals surface area contributed by atoms with E-state index < -0.39 is 42.0 Å². The molecular formula is C13H21F2NO4. The normalized spacial score (nSPS) is 25.7. The highest BCUT2D eigenvalue weighted by atomic mass is 19.3. The summed E-state index contributed by atoms with van der Waals surface area (Å²) >= 11 is 0. The van der Waals surface area contributed by atoms with Gasteiger partial charge in [0.05, 0.1) is 19.1 Å². The van der Waals surface area contributed by atoms with Crippen LogP contribution in [-0.4, -0.2) is 36.7 Å². The van der Waals surface area contributed by atoms with Gasteiger partial charge in [-0.1, -0.05) is 0 Å². The maximum Gasteiger partial charge on any atom is 0.408 e. The molecule has 20 heavy (non-hydrogen) atoms. The zero-order valence-corrected chi connectivity index (χ0v) is 12.2. The number of hydrogen-bond donors (Lipinski definition) is 1. The van der Waals surface area contributed by atoms with Gasteiger partial charge in [-0.25, -0.2) is 13.6 Å². The summed E-state index contributed by atoms with van der Waals surface area (Å²) in [5.41, 5.74) is -0.747. The van der Waals surface area contributed by atoms with Crippen LogP contribution in [0.1, 0.15) is 40.0 Å². The Labute approximate surface area is 117 Å². The van der Waals surface area contributed by atoms with Gasteiger partial charge in [-0.15, -0.1) is 0 Å². The predicted molar refractivity (Wildman–Crippen MR) is 67.5 cm³/mol. The highest BCUT2D eigenvalue weighted by molar-refractivity contribution is 5.73. The average Bonchev–Trinajstić information content (AvgIpc) is 2.28. The molecule has 0 saturated heterocycles. The van der Waals surface area contributed by atoms with Crippen LogP contribution in [-0.2, 0) is 14.3 Å². The predicted octanol–water partition coefficient (Wildman–Crippen LogP) is 2.49. The van der Waals surface area contributed by atoms with Crippen molar-refractivity contribution in [1.29, 1.82) is 0 Å². The summed E-state index contributed by atoms with van der Waals surface area (Å²) in [5, 5.41) is 2.18. The second-order valence-corrected chi connectivity index (χ2v) is 5.96. The topological polar surface area (TPSA) is 64.6 Å². The Morgan fingerprint density at radius 3 is 2.30 bits per heavy atom. The number of esters is 1. The zero-order chi connectivity index (χ0) is 15.6. The summed E-state index contributed by atoms with van der Waals surface area (Å²) in [4.78, 5) is 22.8. The van der Waals surface area contributed by atoms with Gasteiger partial charge in [0, 0.05) is 6.42 Å². The van der Waals surface area contributed by atoms with E-state index in [1.165, 1.54) is 7.11 Å². The van der Waals surface area contributed by atoms with Crippen molar-refractivity contribution in [2.24, 2.45) is 5.92 Å². The maximum atomic E-state index is 13.9. The van der Waals surface area contributed by atoms with Crippen LogP contribution in [0.15, 0.2) is 0 Å². The second kappa shape index (κ2) is 5.93. The van der Waals surface area contributed by atoms with Crippen LogP contribution in [0.3, 0.4) is 0 Å². The van der Waals surface area contributed by atoms with Crippen LogP contribution < -0.4 is 5.32 Å². The number of halogens is 2. The molecule has 1 rings (SSSR count). The molecule has 1 amide bonds.